The van der Waals surface area contributed by atoms with Gasteiger partial charge in [-0.2, -0.15) is 0 Å². The van der Waals surface area contributed by atoms with Crippen molar-refractivity contribution in [2.75, 3.05) is 46.4 Å². The summed E-state index contributed by atoms with van der Waals surface area (Å²) in [5.74, 6) is 6.49. The van der Waals surface area contributed by atoms with Crippen molar-refractivity contribution in [3.63, 3.8) is 0 Å². The van der Waals surface area contributed by atoms with Crippen molar-refractivity contribution in [1.29, 1.82) is 0 Å². The minimum Gasteiger partial charge on any atom is -0.379 e. The summed E-state index contributed by atoms with van der Waals surface area (Å²) in [5.41, 5.74) is -0.0774. The van der Waals surface area contributed by atoms with Crippen LogP contribution in [0.1, 0.15) is 27.2 Å². The molecule has 0 radical (unpaired) electrons. The molecule has 1 rings (SSSR count). The van der Waals surface area contributed by atoms with E-state index in [9.17, 15) is 0 Å². The molecular formula is C14H26N2O. The third-order valence-electron chi connectivity index (χ3n) is 3.60. The maximum Gasteiger partial charge on any atom is 0.106 e. The first-order valence-corrected chi connectivity index (χ1v) is 6.63. The highest BCUT2D eigenvalue weighted by Gasteiger charge is 2.35. The number of piperazine rings is 1. The fraction of sp³-hybridized carbons (Fsp3) is 0.857. The molecule has 1 atom stereocenters. The van der Waals surface area contributed by atoms with Gasteiger partial charge in [0, 0.05) is 32.8 Å². The Hall–Kier alpha value is -0.560. The van der Waals surface area contributed by atoms with Crippen molar-refractivity contribution in [1.82, 2.24) is 9.80 Å². The molecule has 3 heteroatoms. The van der Waals surface area contributed by atoms with Gasteiger partial charge < -0.3 is 9.64 Å². The topological polar surface area (TPSA) is 15.7 Å². The van der Waals surface area contributed by atoms with Gasteiger partial charge in [-0.25, -0.2) is 0 Å². The summed E-state index contributed by atoms with van der Waals surface area (Å²) in [7, 11) is 2.18. The lowest BCUT2D eigenvalue weighted by Crippen LogP contribution is -2.57. The minimum absolute atomic E-state index is 0.0774. The molecule has 1 unspecified atom stereocenters. The molecule has 0 aliphatic carbocycles. The number of nitrogens with zero attached hydrogens (tertiary/aromatic N) is 2. The maximum atomic E-state index is 5.66. The van der Waals surface area contributed by atoms with E-state index in [1.165, 1.54) is 0 Å². The normalized spacial score (nSPS) is 21.6. The Kier molecular flexibility index (Phi) is 5.97. The molecule has 98 valence electrons. The molecule has 1 saturated heterocycles. The molecular weight excluding hydrogens is 212 g/mol. The molecule has 0 aromatic heterocycles. The van der Waals surface area contributed by atoms with Crippen LogP contribution in [0.3, 0.4) is 0 Å². The third-order valence-corrected chi connectivity index (χ3v) is 3.60. The van der Waals surface area contributed by atoms with Crippen LogP contribution >= 0.6 is 0 Å². The van der Waals surface area contributed by atoms with E-state index in [1.807, 2.05) is 13.8 Å². The number of hydrogen-bond acceptors (Lipinski definition) is 3. The van der Waals surface area contributed by atoms with Gasteiger partial charge in [0.05, 0.1) is 6.61 Å². The lowest BCUT2D eigenvalue weighted by Gasteiger charge is -2.43. The van der Waals surface area contributed by atoms with E-state index in [2.05, 4.69) is 35.6 Å². The van der Waals surface area contributed by atoms with Gasteiger partial charge >= 0.3 is 0 Å². The predicted molar refractivity (Wildman–Crippen MR) is 72.0 cm³/mol. The van der Waals surface area contributed by atoms with Crippen LogP contribution in [0.25, 0.3) is 0 Å². The Morgan fingerprint density at radius 2 is 1.82 bits per heavy atom. The first kappa shape index (κ1) is 14.5. The number of ether oxygens (including phenoxy) is 1. The van der Waals surface area contributed by atoms with Gasteiger partial charge in [-0.05, 0) is 27.3 Å². The number of rotatable bonds is 5. The van der Waals surface area contributed by atoms with E-state index >= 15 is 0 Å². The van der Waals surface area contributed by atoms with Crippen LogP contribution in [0.5, 0.6) is 0 Å². The molecule has 0 N–H and O–H groups in total. The van der Waals surface area contributed by atoms with Crippen molar-refractivity contribution >= 4 is 0 Å². The molecule has 0 spiro atoms. The quantitative estimate of drug-likeness (QED) is 0.674. The summed E-state index contributed by atoms with van der Waals surface area (Å²) >= 11 is 0. The lowest BCUT2D eigenvalue weighted by molar-refractivity contribution is 0.00387. The summed E-state index contributed by atoms with van der Waals surface area (Å²) in [4.78, 5) is 4.87. The molecule has 1 heterocycles. The second kappa shape index (κ2) is 7.00. The van der Waals surface area contributed by atoms with E-state index in [0.717, 1.165) is 45.8 Å². The van der Waals surface area contributed by atoms with E-state index < -0.39 is 0 Å². The zero-order chi connectivity index (χ0) is 12.7. The van der Waals surface area contributed by atoms with Crippen LogP contribution in [0, 0.1) is 11.8 Å². The molecule has 1 aliphatic heterocycles. The Morgan fingerprint density at radius 3 is 2.29 bits per heavy atom. The van der Waals surface area contributed by atoms with E-state index in [4.69, 9.17) is 4.74 Å². The Morgan fingerprint density at radius 1 is 1.18 bits per heavy atom. The fourth-order valence-corrected chi connectivity index (χ4v) is 2.36. The highest BCUT2D eigenvalue weighted by Crippen LogP contribution is 2.21. The second-order valence-electron chi connectivity index (χ2n) is 4.69. The third kappa shape index (κ3) is 3.70. The summed E-state index contributed by atoms with van der Waals surface area (Å²) in [6.07, 6.45) is 1.03. The van der Waals surface area contributed by atoms with Gasteiger partial charge in [0.15, 0.2) is 0 Å². The Labute approximate surface area is 106 Å². The average molecular weight is 238 g/mol. The Bertz CT molecular complexity index is 274. The van der Waals surface area contributed by atoms with Gasteiger partial charge in [-0.15, -0.1) is 5.92 Å². The maximum absolute atomic E-state index is 5.66. The van der Waals surface area contributed by atoms with Gasteiger partial charge in [-0.1, -0.05) is 12.8 Å². The lowest BCUT2D eigenvalue weighted by atomic mass is 9.94. The van der Waals surface area contributed by atoms with Gasteiger partial charge in [0.1, 0.15) is 5.54 Å². The van der Waals surface area contributed by atoms with E-state index in [0.29, 0.717) is 0 Å². The number of likely N-dealkylation sites (N-methyl/N-ethyl adjacent to an activating group) is 1. The van der Waals surface area contributed by atoms with Gasteiger partial charge in [0.2, 0.25) is 0 Å². The minimum atomic E-state index is -0.0774. The van der Waals surface area contributed by atoms with Crippen LogP contribution in [0.2, 0.25) is 0 Å². The molecule has 17 heavy (non-hydrogen) atoms. The van der Waals surface area contributed by atoms with E-state index in [-0.39, 0.29) is 5.54 Å². The molecule has 1 aliphatic rings. The monoisotopic (exact) mass is 238 g/mol. The smallest absolute Gasteiger partial charge is 0.106 e. The zero-order valence-corrected chi connectivity index (χ0v) is 11.8. The SMILES string of the molecule is CC#CC(CC)(COCC)N1CCN(C)CC1. The van der Waals surface area contributed by atoms with Crippen LogP contribution in [0.15, 0.2) is 0 Å². The average Bonchev–Trinajstić information content (AvgIpc) is 2.36. The van der Waals surface area contributed by atoms with Crippen molar-refractivity contribution in [3.8, 4) is 11.8 Å². The molecule has 1 fully saturated rings. The van der Waals surface area contributed by atoms with Crippen molar-refractivity contribution < 1.29 is 4.74 Å². The summed E-state index contributed by atoms with van der Waals surface area (Å²) in [6, 6.07) is 0. The van der Waals surface area contributed by atoms with E-state index in [1.54, 1.807) is 0 Å². The fourth-order valence-electron chi connectivity index (χ4n) is 2.36. The molecule has 3 nitrogen and oxygen atoms in total. The van der Waals surface area contributed by atoms with Crippen molar-refractivity contribution in [2.45, 2.75) is 32.7 Å². The van der Waals surface area contributed by atoms with Gasteiger partial charge in [0.25, 0.3) is 0 Å². The van der Waals surface area contributed by atoms with Crippen LogP contribution in [-0.4, -0.2) is 61.8 Å². The van der Waals surface area contributed by atoms with Crippen LogP contribution in [-0.2, 0) is 4.74 Å². The molecule has 0 amide bonds. The first-order valence-electron chi connectivity index (χ1n) is 6.63. The zero-order valence-electron chi connectivity index (χ0n) is 11.8. The molecule has 0 aromatic carbocycles. The van der Waals surface area contributed by atoms with Crippen molar-refractivity contribution in [2.24, 2.45) is 0 Å². The molecule has 0 aromatic rings. The molecule has 0 bridgehead atoms. The summed E-state index contributed by atoms with van der Waals surface area (Å²) in [6.45, 7) is 12.1. The van der Waals surface area contributed by atoms with Crippen LogP contribution in [0.4, 0.5) is 0 Å². The van der Waals surface area contributed by atoms with Crippen LogP contribution < -0.4 is 0 Å². The molecule has 0 saturated carbocycles. The summed E-state index contributed by atoms with van der Waals surface area (Å²) < 4.78 is 5.66. The van der Waals surface area contributed by atoms with Crippen molar-refractivity contribution in [3.05, 3.63) is 0 Å². The highest BCUT2D eigenvalue weighted by atomic mass is 16.5. The Balaban J connectivity index is 2.75. The highest BCUT2D eigenvalue weighted by molar-refractivity contribution is 5.18. The standard InChI is InChI=1S/C14H26N2O/c1-5-8-14(6-2,13-17-7-3)16-11-9-15(4)10-12-16/h6-7,9-13H2,1-4H3. The predicted octanol–water partition coefficient (Wildman–Crippen LogP) is 1.44. The number of hydrogen-bond donors (Lipinski definition) is 0. The first-order chi connectivity index (χ1) is 8.18. The van der Waals surface area contributed by atoms with Gasteiger partial charge in [-0.3, -0.25) is 4.90 Å². The summed E-state index contributed by atoms with van der Waals surface area (Å²) in [5, 5.41) is 0. The largest absolute Gasteiger partial charge is 0.379 e. The second-order valence-corrected chi connectivity index (χ2v) is 4.69.